The van der Waals surface area contributed by atoms with Crippen molar-refractivity contribution in [2.45, 2.75) is 32.7 Å². The number of carbonyl (C=O) groups excluding carboxylic acids is 1. The van der Waals surface area contributed by atoms with Crippen LogP contribution in [-0.4, -0.2) is 12.5 Å². The summed E-state index contributed by atoms with van der Waals surface area (Å²) in [6.07, 6.45) is 1.38. The van der Waals surface area contributed by atoms with Crippen molar-refractivity contribution in [3.8, 4) is 6.07 Å². The molecule has 1 amide bonds. The van der Waals surface area contributed by atoms with E-state index in [9.17, 15) is 4.79 Å². The maximum atomic E-state index is 11.9. The Balaban J connectivity index is 2.56. The van der Waals surface area contributed by atoms with E-state index in [1.165, 1.54) is 0 Å². The van der Waals surface area contributed by atoms with Gasteiger partial charge in [-0.25, -0.2) is 0 Å². The average Bonchev–Trinajstić information content (AvgIpc) is 2.44. The molecule has 0 aliphatic rings. The molecule has 1 rings (SSSR count). The molecule has 0 fully saturated rings. The van der Waals surface area contributed by atoms with Crippen molar-refractivity contribution in [3.05, 3.63) is 35.4 Å². The van der Waals surface area contributed by atoms with Crippen LogP contribution in [0.5, 0.6) is 0 Å². The number of rotatable bonds is 6. The smallest absolute Gasteiger partial charge is 0.220 e. The standard InChI is InChI=1S/C15H21N3O/c1-3-12(9-16)8-15(19)18-11(2)14-6-4-13(10-17)5-7-14/h4-7,11-12H,3,8-9,16H2,1-2H3,(H,18,19). The first kappa shape index (κ1) is 15.2. The molecule has 0 heterocycles. The molecule has 0 bridgehead atoms. The molecule has 1 aromatic rings. The van der Waals surface area contributed by atoms with Crippen LogP contribution in [0, 0.1) is 17.2 Å². The van der Waals surface area contributed by atoms with E-state index in [2.05, 4.69) is 11.4 Å². The molecule has 102 valence electrons. The second-order valence-corrected chi connectivity index (χ2v) is 4.74. The molecule has 1 aromatic carbocycles. The van der Waals surface area contributed by atoms with Crippen LogP contribution >= 0.6 is 0 Å². The molecule has 0 aliphatic carbocycles. The Bertz CT molecular complexity index is 443. The number of nitrogens with one attached hydrogen (secondary N) is 1. The van der Waals surface area contributed by atoms with E-state index in [4.69, 9.17) is 11.0 Å². The lowest BCUT2D eigenvalue weighted by Crippen LogP contribution is -2.30. The predicted octanol–water partition coefficient (Wildman–Crippen LogP) is 2.11. The minimum Gasteiger partial charge on any atom is -0.350 e. The van der Waals surface area contributed by atoms with Crippen LogP contribution in [0.4, 0.5) is 0 Å². The molecule has 0 radical (unpaired) electrons. The molecule has 0 spiro atoms. The lowest BCUT2D eigenvalue weighted by molar-refractivity contribution is -0.122. The van der Waals surface area contributed by atoms with E-state index in [-0.39, 0.29) is 17.9 Å². The van der Waals surface area contributed by atoms with Crippen LogP contribution in [0.3, 0.4) is 0 Å². The Labute approximate surface area is 114 Å². The second-order valence-electron chi connectivity index (χ2n) is 4.74. The number of nitrogens with zero attached hydrogens (tertiary/aromatic N) is 1. The molecule has 0 saturated carbocycles. The van der Waals surface area contributed by atoms with E-state index >= 15 is 0 Å². The summed E-state index contributed by atoms with van der Waals surface area (Å²) in [6, 6.07) is 9.26. The fraction of sp³-hybridized carbons (Fsp3) is 0.467. The van der Waals surface area contributed by atoms with Crippen molar-refractivity contribution in [3.63, 3.8) is 0 Å². The molecular formula is C15H21N3O. The summed E-state index contributed by atoms with van der Waals surface area (Å²) in [5.74, 6) is 0.266. The van der Waals surface area contributed by atoms with Crippen LogP contribution in [0.15, 0.2) is 24.3 Å². The highest BCUT2D eigenvalue weighted by Gasteiger charge is 2.13. The van der Waals surface area contributed by atoms with Gasteiger partial charge in [0.15, 0.2) is 0 Å². The summed E-state index contributed by atoms with van der Waals surface area (Å²) < 4.78 is 0. The van der Waals surface area contributed by atoms with Crippen molar-refractivity contribution in [1.29, 1.82) is 5.26 Å². The summed E-state index contributed by atoms with van der Waals surface area (Å²) in [5.41, 5.74) is 7.21. The van der Waals surface area contributed by atoms with Gasteiger partial charge in [0.2, 0.25) is 5.91 Å². The Morgan fingerprint density at radius 3 is 2.53 bits per heavy atom. The zero-order valence-electron chi connectivity index (χ0n) is 11.5. The van der Waals surface area contributed by atoms with Crippen LogP contribution < -0.4 is 11.1 Å². The van der Waals surface area contributed by atoms with Crippen LogP contribution in [0.1, 0.15) is 43.9 Å². The van der Waals surface area contributed by atoms with Crippen molar-refractivity contribution in [2.24, 2.45) is 11.7 Å². The van der Waals surface area contributed by atoms with Gasteiger partial charge in [-0.05, 0) is 37.1 Å². The Morgan fingerprint density at radius 2 is 2.05 bits per heavy atom. The molecule has 4 heteroatoms. The topological polar surface area (TPSA) is 78.9 Å². The summed E-state index contributed by atoms with van der Waals surface area (Å²) in [6.45, 7) is 4.51. The zero-order chi connectivity index (χ0) is 14.3. The van der Waals surface area contributed by atoms with Gasteiger partial charge in [-0.2, -0.15) is 5.26 Å². The van der Waals surface area contributed by atoms with Gasteiger partial charge in [0, 0.05) is 6.42 Å². The van der Waals surface area contributed by atoms with Gasteiger partial charge in [-0.3, -0.25) is 4.79 Å². The minimum absolute atomic E-state index is 0.0224. The highest BCUT2D eigenvalue weighted by molar-refractivity contribution is 5.76. The van der Waals surface area contributed by atoms with E-state index in [0.717, 1.165) is 12.0 Å². The maximum Gasteiger partial charge on any atom is 0.220 e. The second kappa shape index (κ2) is 7.55. The van der Waals surface area contributed by atoms with Crippen LogP contribution in [0.2, 0.25) is 0 Å². The molecule has 4 nitrogen and oxygen atoms in total. The Kier molecular flexibility index (Phi) is 6.04. The molecule has 0 saturated heterocycles. The predicted molar refractivity (Wildman–Crippen MR) is 75.2 cm³/mol. The number of nitriles is 1. The number of nitrogens with two attached hydrogens (primary N) is 1. The normalized spacial score (nSPS) is 13.4. The van der Waals surface area contributed by atoms with Gasteiger partial charge in [0.05, 0.1) is 17.7 Å². The van der Waals surface area contributed by atoms with Gasteiger partial charge in [-0.1, -0.05) is 25.5 Å². The average molecular weight is 259 g/mol. The van der Waals surface area contributed by atoms with E-state index in [0.29, 0.717) is 18.5 Å². The van der Waals surface area contributed by atoms with Crippen LogP contribution in [0.25, 0.3) is 0 Å². The van der Waals surface area contributed by atoms with E-state index in [1.54, 1.807) is 12.1 Å². The first-order chi connectivity index (χ1) is 9.10. The lowest BCUT2D eigenvalue weighted by atomic mass is 10.0. The summed E-state index contributed by atoms with van der Waals surface area (Å²) >= 11 is 0. The van der Waals surface area contributed by atoms with E-state index in [1.807, 2.05) is 26.0 Å². The number of amides is 1. The molecule has 2 atom stereocenters. The monoisotopic (exact) mass is 259 g/mol. The van der Waals surface area contributed by atoms with Gasteiger partial charge in [-0.15, -0.1) is 0 Å². The molecule has 2 unspecified atom stereocenters. The van der Waals surface area contributed by atoms with Crippen molar-refractivity contribution >= 4 is 5.91 Å². The summed E-state index contributed by atoms with van der Waals surface area (Å²) in [4.78, 5) is 11.9. The third-order valence-electron chi connectivity index (χ3n) is 3.30. The molecule has 0 aliphatic heterocycles. The third kappa shape index (κ3) is 4.72. The van der Waals surface area contributed by atoms with Crippen molar-refractivity contribution in [1.82, 2.24) is 5.32 Å². The SMILES string of the molecule is CCC(CN)CC(=O)NC(C)c1ccc(C#N)cc1. The highest BCUT2D eigenvalue weighted by Crippen LogP contribution is 2.14. The van der Waals surface area contributed by atoms with Crippen molar-refractivity contribution in [2.75, 3.05) is 6.54 Å². The summed E-state index contributed by atoms with van der Waals surface area (Å²) in [7, 11) is 0. The number of carbonyl (C=O) groups is 1. The molecule has 0 aromatic heterocycles. The summed E-state index contributed by atoms with van der Waals surface area (Å²) in [5, 5.41) is 11.7. The fourth-order valence-corrected chi connectivity index (χ4v) is 1.89. The minimum atomic E-state index is -0.0597. The maximum absolute atomic E-state index is 11.9. The van der Waals surface area contributed by atoms with Gasteiger partial charge in [0.25, 0.3) is 0 Å². The third-order valence-corrected chi connectivity index (χ3v) is 3.30. The Hall–Kier alpha value is -1.86. The lowest BCUT2D eigenvalue weighted by Gasteiger charge is -2.17. The largest absolute Gasteiger partial charge is 0.350 e. The number of hydrogen-bond donors (Lipinski definition) is 2. The van der Waals surface area contributed by atoms with Gasteiger partial charge >= 0.3 is 0 Å². The first-order valence-electron chi connectivity index (χ1n) is 6.60. The molecular weight excluding hydrogens is 238 g/mol. The molecule has 19 heavy (non-hydrogen) atoms. The number of benzene rings is 1. The fourth-order valence-electron chi connectivity index (χ4n) is 1.89. The quantitative estimate of drug-likeness (QED) is 0.821. The van der Waals surface area contributed by atoms with Gasteiger partial charge < -0.3 is 11.1 Å². The van der Waals surface area contributed by atoms with E-state index < -0.39 is 0 Å². The highest BCUT2D eigenvalue weighted by atomic mass is 16.1. The molecule has 3 N–H and O–H groups in total. The van der Waals surface area contributed by atoms with Gasteiger partial charge in [0.1, 0.15) is 0 Å². The van der Waals surface area contributed by atoms with Crippen LogP contribution in [-0.2, 0) is 4.79 Å². The van der Waals surface area contributed by atoms with Crippen molar-refractivity contribution < 1.29 is 4.79 Å². The first-order valence-corrected chi connectivity index (χ1v) is 6.60. The zero-order valence-corrected chi connectivity index (χ0v) is 11.5. The number of hydrogen-bond acceptors (Lipinski definition) is 3. The Morgan fingerprint density at radius 1 is 1.42 bits per heavy atom.